The summed E-state index contributed by atoms with van der Waals surface area (Å²) < 4.78 is 32.6. The Morgan fingerprint density at radius 3 is 2.71 bits per heavy atom. The van der Waals surface area contributed by atoms with Crippen LogP contribution in [0.25, 0.3) is 0 Å². The lowest BCUT2D eigenvalue weighted by Crippen LogP contribution is -2.31. The fraction of sp³-hybridized carbons (Fsp3) is 0.286. The zero-order valence-corrected chi connectivity index (χ0v) is 13.9. The van der Waals surface area contributed by atoms with Crippen LogP contribution in [0.3, 0.4) is 0 Å². The maximum Gasteiger partial charge on any atom is 0.254 e. The number of rotatable bonds is 3. The molecule has 0 bridgehead atoms. The average Bonchev–Trinajstić information content (AvgIpc) is 2.92. The molecule has 3 rings (SSSR count). The van der Waals surface area contributed by atoms with Crippen molar-refractivity contribution in [2.24, 2.45) is 0 Å². The van der Waals surface area contributed by atoms with Gasteiger partial charge in [0.2, 0.25) is 0 Å². The maximum absolute atomic E-state index is 12.7. The molecule has 1 aromatic carbocycles. The zero-order valence-electron chi connectivity index (χ0n) is 11.5. The van der Waals surface area contributed by atoms with Crippen LogP contribution < -0.4 is 4.74 Å². The van der Waals surface area contributed by atoms with Gasteiger partial charge in [0.1, 0.15) is 9.96 Å². The predicted octanol–water partition coefficient (Wildman–Crippen LogP) is 3.05. The van der Waals surface area contributed by atoms with Gasteiger partial charge in [-0.2, -0.15) is 4.31 Å². The molecule has 1 aliphatic heterocycles. The van der Waals surface area contributed by atoms with Gasteiger partial charge in [0.25, 0.3) is 10.0 Å². The largest absolute Gasteiger partial charge is 0.497 e. The number of hydrogen-bond acceptors (Lipinski definition) is 5. The molecule has 0 radical (unpaired) electrons. The van der Waals surface area contributed by atoms with Gasteiger partial charge >= 0.3 is 0 Å². The average molecular weight is 341 g/mol. The highest BCUT2D eigenvalue weighted by molar-refractivity contribution is 8.01. The molecule has 0 atom stereocenters. The van der Waals surface area contributed by atoms with E-state index in [0.29, 0.717) is 17.3 Å². The fourth-order valence-electron chi connectivity index (χ4n) is 2.17. The number of thiophene rings is 1. The van der Waals surface area contributed by atoms with Gasteiger partial charge < -0.3 is 4.74 Å². The molecule has 4 nitrogen and oxygen atoms in total. The van der Waals surface area contributed by atoms with E-state index in [1.165, 1.54) is 11.3 Å². The molecule has 21 heavy (non-hydrogen) atoms. The van der Waals surface area contributed by atoms with Gasteiger partial charge in [0.15, 0.2) is 0 Å². The first-order chi connectivity index (χ1) is 10.1. The number of ether oxygens (including phenoxy) is 1. The van der Waals surface area contributed by atoms with Crippen molar-refractivity contribution in [3.05, 3.63) is 41.3 Å². The van der Waals surface area contributed by atoms with Gasteiger partial charge in [0, 0.05) is 23.7 Å². The van der Waals surface area contributed by atoms with Crippen LogP contribution >= 0.6 is 23.1 Å². The third-order valence-electron chi connectivity index (χ3n) is 3.29. The first kappa shape index (κ1) is 14.9. The molecule has 0 N–H and O–H groups in total. The quantitative estimate of drug-likeness (QED) is 0.861. The van der Waals surface area contributed by atoms with Gasteiger partial charge in [-0.15, -0.1) is 23.1 Å². The van der Waals surface area contributed by atoms with Crippen molar-refractivity contribution in [3.8, 4) is 5.75 Å². The predicted molar refractivity (Wildman–Crippen MR) is 85.6 cm³/mol. The maximum atomic E-state index is 12.7. The molecule has 1 aliphatic rings. The molecular formula is C14H15NO3S3. The Bertz CT molecular complexity index is 722. The van der Waals surface area contributed by atoms with Crippen LogP contribution in [0.5, 0.6) is 5.75 Å². The topological polar surface area (TPSA) is 46.6 Å². The minimum absolute atomic E-state index is 0.393. The number of hydrogen-bond donors (Lipinski definition) is 0. The van der Waals surface area contributed by atoms with E-state index in [9.17, 15) is 8.42 Å². The zero-order chi connectivity index (χ0) is 14.9. The summed E-state index contributed by atoms with van der Waals surface area (Å²) in [5.41, 5.74) is 0.962. The van der Waals surface area contributed by atoms with Crippen molar-refractivity contribution in [2.45, 2.75) is 15.6 Å². The SMILES string of the molecule is COc1ccc(CN2CCSc3ccsc3S2(=O)=O)cc1. The van der Waals surface area contributed by atoms with Gasteiger partial charge in [-0.05, 0) is 29.1 Å². The third-order valence-corrected chi connectivity index (χ3v) is 7.89. The van der Waals surface area contributed by atoms with Crippen LogP contribution in [0.1, 0.15) is 5.56 Å². The normalized spacial score (nSPS) is 18.0. The van der Waals surface area contributed by atoms with Crippen LogP contribution in [0.15, 0.2) is 44.8 Å². The molecule has 0 aliphatic carbocycles. The first-order valence-electron chi connectivity index (χ1n) is 6.44. The lowest BCUT2D eigenvalue weighted by molar-refractivity contribution is 0.412. The molecule has 7 heteroatoms. The number of nitrogens with zero attached hydrogens (tertiary/aromatic N) is 1. The van der Waals surface area contributed by atoms with Crippen molar-refractivity contribution < 1.29 is 13.2 Å². The Morgan fingerprint density at radius 1 is 1.24 bits per heavy atom. The number of methoxy groups -OCH3 is 1. The summed E-state index contributed by atoms with van der Waals surface area (Å²) in [6.45, 7) is 0.921. The molecule has 1 aromatic heterocycles. The third kappa shape index (κ3) is 2.96. The van der Waals surface area contributed by atoms with E-state index in [1.54, 1.807) is 23.2 Å². The Labute approximate surface area is 132 Å². The van der Waals surface area contributed by atoms with Gasteiger partial charge in [-0.25, -0.2) is 8.42 Å². The second-order valence-electron chi connectivity index (χ2n) is 4.61. The van der Waals surface area contributed by atoms with Gasteiger partial charge in [-0.3, -0.25) is 0 Å². The molecule has 0 saturated heterocycles. The van der Waals surface area contributed by atoms with Crippen LogP contribution in [0.4, 0.5) is 0 Å². The smallest absolute Gasteiger partial charge is 0.254 e. The summed E-state index contributed by atoms with van der Waals surface area (Å²) in [4.78, 5) is 0.872. The molecule has 0 amide bonds. The molecule has 0 saturated carbocycles. The Kier molecular flexibility index (Phi) is 4.26. The molecule has 0 unspecified atom stereocenters. The lowest BCUT2D eigenvalue weighted by atomic mass is 10.2. The summed E-state index contributed by atoms with van der Waals surface area (Å²) in [7, 11) is -1.78. The van der Waals surface area contributed by atoms with Crippen LogP contribution in [-0.2, 0) is 16.6 Å². The fourth-order valence-corrected chi connectivity index (χ4v) is 6.69. The monoisotopic (exact) mass is 341 g/mol. The van der Waals surface area contributed by atoms with Crippen molar-refractivity contribution in [2.75, 3.05) is 19.4 Å². The van der Waals surface area contributed by atoms with Crippen molar-refractivity contribution in [3.63, 3.8) is 0 Å². The second kappa shape index (κ2) is 6.00. The van der Waals surface area contributed by atoms with E-state index in [4.69, 9.17) is 4.74 Å². The van der Waals surface area contributed by atoms with E-state index >= 15 is 0 Å². The van der Waals surface area contributed by atoms with Gasteiger partial charge in [0.05, 0.1) is 7.11 Å². The molecular weight excluding hydrogens is 326 g/mol. The second-order valence-corrected chi connectivity index (χ2v) is 8.79. The van der Waals surface area contributed by atoms with E-state index in [-0.39, 0.29) is 0 Å². The highest BCUT2D eigenvalue weighted by atomic mass is 32.2. The minimum atomic E-state index is -3.39. The summed E-state index contributed by atoms with van der Waals surface area (Å²) in [6.07, 6.45) is 0. The number of thioether (sulfide) groups is 1. The van der Waals surface area contributed by atoms with Crippen molar-refractivity contribution in [1.82, 2.24) is 4.31 Å². The number of benzene rings is 1. The Morgan fingerprint density at radius 2 is 2.00 bits per heavy atom. The number of fused-ring (bicyclic) bond motifs is 1. The number of sulfonamides is 1. The summed E-state index contributed by atoms with van der Waals surface area (Å²) in [5, 5.41) is 1.84. The van der Waals surface area contributed by atoms with Crippen LogP contribution in [0.2, 0.25) is 0 Å². The summed E-state index contributed by atoms with van der Waals surface area (Å²) in [6, 6.07) is 9.40. The summed E-state index contributed by atoms with van der Waals surface area (Å²) in [5.74, 6) is 1.55. The first-order valence-corrected chi connectivity index (χ1v) is 9.75. The molecule has 112 valence electrons. The molecule has 0 fully saturated rings. The Balaban J connectivity index is 1.88. The van der Waals surface area contributed by atoms with Gasteiger partial charge in [-0.1, -0.05) is 12.1 Å². The highest BCUT2D eigenvalue weighted by Crippen LogP contribution is 2.36. The summed E-state index contributed by atoms with van der Waals surface area (Å²) >= 11 is 2.90. The minimum Gasteiger partial charge on any atom is -0.497 e. The molecule has 0 spiro atoms. The standard InChI is InChI=1S/C14H15NO3S3/c1-18-12-4-2-11(3-5-12)10-15-7-9-19-13-6-8-20-14(13)21(15,16)17/h2-6,8H,7,9-10H2,1H3. The van der Waals surface area contributed by atoms with Crippen LogP contribution in [-0.4, -0.2) is 32.1 Å². The van der Waals surface area contributed by atoms with E-state index in [0.717, 1.165) is 22.0 Å². The molecule has 2 aromatic rings. The Hall–Kier alpha value is -1.02. The van der Waals surface area contributed by atoms with Crippen molar-refractivity contribution in [1.29, 1.82) is 0 Å². The van der Waals surface area contributed by atoms with Crippen LogP contribution in [0, 0.1) is 0 Å². The van der Waals surface area contributed by atoms with E-state index < -0.39 is 10.0 Å². The molecule has 2 heterocycles. The van der Waals surface area contributed by atoms with E-state index in [1.807, 2.05) is 35.7 Å². The highest BCUT2D eigenvalue weighted by Gasteiger charge is 2.31. The van der Waals surface area contributed by atoms with Crippen molar-refractivity contribution >= 4 is 33.1 Å². The lowest BCUT2D eigenvalue weighted by Gasteiger charge is -2.19. The van der Waals surface area contributed by atoms with E-state index in [2.05, 4.69) is 0 Å².